The molecule has 0 amide bonds. The van der Waals surface area contributed by atoms with Gasteiger partial charge >= 0.3 is 5.69 Å². The van der Waals surface area contributed by atoms with Crippen molar-refractivity contribution in [2.45, 2.75) is 13.5 Å². The summed E-state index contributed by atoms with van der Waals surface area (Å²) in [5.41, 5.74) is -0.181. The topological polar surface area (TPSA) is 81.2 Å². The van der Waals surface area contributed by atoms with E-state index in [-0.39, 0.29) is 12.3 Å². The summed E-state index contributed by atoms with van der Waals surface area (Å²) in [7, 11) is 1.54. The Morgan fingerprint density at radius 3 is 2.50 bits per heavy atom. The molecular formula is C14H14N2O4. The maximum absolute atomic E-state index is 12.1. The average Bonchev–Trinajstić information content (AvgIpc) is 2.44. The second kappa shape index (κ2) is 5.56. The van der Waals surface area contributed by atoms with Crippen LogP contribution in [0.15, 0.2) is 40.1 Å². The Hall–Kier alpha value is -2.63. The van der Waals surface area contributed by atoms with Crippen molar-refractivity contribution in [3.63, 3.8) is 0 Å². The molecule has 1 aromatic carbocycles. The lowest BCUT2D eigenvalue weighted by molar-refractivity contribution is 0.0970. The molecule has 0 spiro atoms. The van der Waals surface area contributed by atoms with Crippen LogP contribution in [0.5, 0.6) is 5.75 Å². The first-order valence-electron chi connectivity index (χ1n) is 5.99. The Labute approximate surface area is 114 Å². The minimum atomic E-state index is -0.595. The van der Waals surface area contributed by atoms with Crippen molar-refractivity contribution in [2.24, 2.45) is 0 Å². The van der Waals surface area contributed by atoms with Gasteiger partial charge in [0, 0.05) is 17.3 Å². The van der Waals surface area contributed by atoms with E-state index in [4.69, 9.17) is 4.74 Å². The van der Waals surface area contributed by atoms with Crippen molar-refractivity contribution >= 4 is 5.78 Å². The van der Waals surface area contributed by atoms with E-state index in [1.807, 2.05) is 0 Å². The number of nitrogens with one attached hydrogen (secondary N) is 1. The van der Waals surface area contributed by atoms with Crippen LogP contribution in [-0.4, -0.2) is 22.4 Å². The molecule has 0 saturated carbocycles. The zero-order valence-corrected chi connectivity index (χ0v) is 11.2. The van der Waals surface area contributed by atoms with Crippen LogP contribution >= 0.6 is 0 Å². The molecule has 6 nitrogen and oxygen atoms in total. The number of nitrogens with zero attached hydrogens (tertiary/aromatic N) is 1. The lowest BCUT2D eigenvalue weighted by Gasteiger charge is -2.06. The summed E-state index contributed by atoms with van der Waals surface area (Å²) < 4.78 is 6.19. The standard InChI is InChI=1S/C14H14N2O4/c1-9-7-16(14(19)15-13(9)18)8-12(17)10-3-5-11(20-2)6-4-10/h3-7H,8H2,1-2H3,(H,15,18,19). The van der Waals surface area contributed by atoms with Gasteiger partial charge in [-0.2, -0.15) is 0 Å². The number of aromatic amines is 1. The number of aryl methyl sites for hydroxylation is 1. The van der Waals surface area contributed by atoms with Gasteiger partial charge in [0.05, 0.1) is 13.7 Å². The number of carbonyl (C=O) groups is 1. The van der Waals surface area contributed by atoms with E-state index in [0.717, 1.165) is 0 Å². The molecule has 1 aromatic heterocycles. The van der Waals surface area contributed by atoms with Gasteiger partial charge in [0.15, 0.2) is 5.78 Å². The van der Waals surface area contributed by atoms with Crippen LogP contribution in [0, 0.1) is 6.92 Å². The van der Waals surface area contributed by atoms with Crippen molar-refractivity contribution in [3.8, 4) is 5.75 Å². The molecule has 6 heteroatoms. The van der Waals surface area contributed by atoms with Crippen molar-refractivity contribution in [3.05, 3.63) is 62.4 Å². The average molecular weight is 274 g/mol. The van der Waals surface area contributed by atoms with Gasteiger partial charge in [-0.05, 0) is 31.2 Å². The first-order valence-corrected chi connectivity index (χ1v) is 5.99. The molecule has 0 radical (unpaired) electrons. The molecular weight excluding hydrogens is 260 g/mol. The van der Waals surface area contributed by atoms with E-state index in [9.17, 15) is 14.4 Å². The quantitative estimate of drug-likeness (QED) is 0.834. The highest BCUT2D eigenvalue weighted by Crippen LogP contribution is 2.12. The fraction of sp³-hybridized carbons (Fsp3) is 0.214. The van der Waals surface area contributed by atoms with Gasteiger partial charge in [-0.25, -0.2) is 4.79 Å². The first-order chi connectivity index (χ1) is 9.51. The second-order valence-corrected chi connectivity index (χ2v) is 4.35. The van der Waals surface area contributed by atoms with Crippen LogP contribution in [0.25, 0.3) is 0 Å². The summed E-state index contributed by atoms with van der Waals surface area (Å²) in [5.74, 6) is 0.430. The Morgan fingerprint density at radius 2 is 1.90 bits per heavy atom. The predicted octanol–water partition coefficient (Wildman–Crippen LogP) is 0.737. The van der Waals surface area contributed by atoms with Crippen molar-refractivity contribution < 1.29 is 9.53 Å². The lowest BCUT2D eigenvalue weighted by Crippen LogP contribution is -2.32. The number of Topliss-reactive ketones (excluding diaryl/α,β-unsaturated/α-hetero) is 1. The maximum atomic E-state index is 12.1. The second-order valence-electron chi connectivity index (χ2n) is 4.35. The maximum Gasteiger partial charge on any atom is 0.328 e. The summed E-state index contributed by atoms with van der Waals surface area (Å²) in [6, 6.07) is 6.61. The minimum Gasteiger partial charge on any atom is -0.497 e. The third kappa shape index (κ3) is 2.85. The smallest absolute Gasteiger partial charge is 0.328 e. The number of hydrogen-bond donors (Lipinski definition) is 1. The molecule has 0 aliphatic carbocycles. The highest BCUT2D eigenvalue weighted by Gasteiger charge is 2.09. The number of methoxy groups -OCH3 is 1. The Kier molecular flexibility index (Phi) is 3.84. The summed E-state index contributed by atoms with van der Waals surface area (Å²) in [5, 5.41) is 0. The fourth-order valence-corrected chi connectivity index (χ4v) is 1.76. The first kappa shape index (κ1) is 13.8. The van der Waals surface area contributed by atoms with Crippen LogP contribution in [0.1, 0.15) is 15.9 Å². The van der Waals surface area contributed by atoms with Crippen molar-refractivity contribution in [1.29, 1.82) is 0 Å². The normalized spacial score (nSPS) is 10.3. The summed E-state index contributed by atoms with van der Waals surface area (Å²) in [6.07, 6.45) is 1.38. The van der Waals surface area contributed by atoms with Gasteiger partial charge in [0.2, 0.25) is 0 Å². The molecule has 0 atom stereocenters. The van der Waals surface area contributed by atoms with E-state index in [1.54, 1.807) is 38.3 Å². The summed E-state index contributed by atoms with van der Waals surface area (Å²) in [6.45, 7) is 1.45. The third-order valence-corrected chi connectivity index (χ3v) is 2.91. The number of rotatable bonds is 4. The Bertz CT molecular complexity index is 741. The number of aromatic nitrogens is 2. The molecule has 20 heavy (non-hydrogen) atoms. The van der Waals surface area contributed by atoms with Gasteiger partial charge in [-0.3, -0.25) is 19.1 Å². The highest BCUT2D eigenvalue weighted by molar-refractivity contribution is 5.95. The molecule has 0 fully saturated rings. The van der Waals surface area contributed by atoms with Crippen LogP contribution in [0.2, 0.25) is 0 Å². The molecule has 2 rings (SSSR count). The van der Waals surface area contributed by atoms with E-state index in [1.165, 1.54) is 10.8 Å². The Balaban J connectivity index is 2.25. The molecule has 0 aliphatic heterocycles. The summed E-state index contributed by atoms with van der Waals surface area (Å²) >= 11 is 0. The van der Waals surface area contributed by atoms with E-state index in [0.29, 0.717) is 16.9 Å². The molecule has 0 aliphatic rings. The zero-order chi connectivity index (χ0) is 14.7. The van der Waals surface area contributed by atoms with Crippen molar-refractivity contribution in [2.75, 3.05) is 7.11 Å². The van der Waals surface area contributed by atoms with Gasteiger partial charge in [0.1, 0.15) is 5.75 Å². The molecule has 0 saturated heterocycles. The van der Waals surface area contributed by atoms with E-state index >= 15 is 0 Å². The monoisotopic (exact) mass is 274 g/mol. The minimum absolute atomic E-state index is 0.122. The lowest BCUT2D eigenvalue weighted by atomic mass is 10.1. The number of carbonyl (C=O) groups excluding carboxylic acids is 1. The summed E-state index contributed by atoms with van der Waals surface area (Å²) in [4.78, 5) is 37.1. The SMILES string of the molecule is COc1ccc(C(=O)Cn2cc(C)c(=O)[nH]c2=O)cc1. The molecule has 0 unspecified atom stereocenters. The molecule has 2 aromatic rings. The predicted molar refractivity (Wildman–Crippen MR) is 73.4 cm³/mol. The zero-order valence-electron chi connectivity index (χ0n) is 11.2. The van der Waals surface area contributed by atoms with Gasteiger partial charge < -0.3 is 4.74 Å². The molecule has 1 heterocycles. The number of H-pyrrole nitrogens is 1. The number of benzene rings is 1. The van der Waals surface area contributed by atoms with Crippen LogP contribution in [0.3, 0.4) is 0 Å². The van der Waals surface area contributed by atoms with Gasteiger partial charge in [-0.15, -0.1) is 0 Å². The number of ketones is 1. The fourth-order valence-electron chi connectivity index (χ4n) is 1.76. The number of ether oxygens (including phenoxy) is 1. The Morgan fingerprint density at radius 1 is 1.25 bits per heavy atom. The van der Waals surface area contributed by atoms with Crippen LogP contribution < -0.4 is 16.0 Å². The van der Waals surface area contributed by atoms with E-state index < -0.39 is 11.2 Å². The van der Waals surface area contributed by atoms with Gasteiger partial charge in [0.25, 0.3) is 5.56 Å². The molecule has 104 valence electrons. The van der Waals surface area contributed by atoms with Gasteiger partial charge in [-0.1, -0.05) is 0 Å². The molecule has 0 bridgehead atoms. The highest BCUT2D eigenvalue weighted by atomic mass is 16.5. The van der Waals surface area contributed by atoms with Crippen molar-refractivity contribution in [1.82, 2.24) is 9.55 Å². The largest absolute Gasteiger partial charge is 0.497 e. The van der Waals surface area contributed by atoms with Crippen LogP contribution in [-0.2, 0) is 6.54 Å². The number of hydrogen-bond acceptors (Lipinski definition) is 4. The third-order valence-electron chi connectivity index (χ3n) is 2.91. The molecule has 1 N–H and O–H groups in total. The van der Waals surface area contributed by atoms with E-state index in [2.05, 4.69) is 4.98 Å². The van der Waals surface area contributed by atoms with Crippen LogP contribution in [0.4, 0.5) is 0 Å².